The van der Waals surface area contributed by atoms with Gasteiger partial charge in [-0.25, -0.2) is 0 Å². The molecule has 0 aromatic heterocycles. The van der Waals surface area contributed by atoms with Gasteiger partial charge in [0.1, 0.15) is 0 Å². The van der Waals surface area contributed by atoms with Gasteiger partial charge in [0.15, 0.2) is 0 Å². The number of hydrogen-bond acceptors (Lipinski definition) is 1. The summed E-state index contributed by atoms with van der Waals surface area (Å²) in [7, 11) is 0. The third-order valence-electron chi connectivity index (χ3n) is 1.88. The number of nitrogens with one attached hydrogen (secondary N) is 1. The Morgan fingerprint density at radius 1 is 1.55 bits per heavy atom. The third-order valence-corrected chi connectivity index (χ3v) is 1.88. The topological polar surface area (TPSA) is 29.1 Å². The highest BCUT2D eigenvalue weighted by molar-refractivity contribution is 5.88. The van der Waals surface area contributed by atoms with E-state index in [9.17, 15) is 4.79 Å². The van der Waals surface area contributed by atoms with Crippen molar-refractivity contribution >= 4 is 5.91 Å². The highest BCUT2D eigenvalue weighted by Crippen LogP contribution is 2.25. The number of allylic oxidation sites excluding steroid dienone is 1. The standard InChI is InChI=1S/C9H15NO/c1-7-4-8(11)10-6-9(2,3)5-7/h4H,5-6H2,1-3H3,(H,10,11). The number of rotatable bonds is 0. The second kappa shape index (κ2) is 2.68. The Morgan fingerprint density at radius 2 is 2.18 bits per heavy atom. The van der Waals surface area contributed by atoms with Crippen LogP contribution >= 0.6 is 0 Å². The maximum atomic E-state index is 11.0. The van der Waals surface area contributed by atoms with Crippen molar-refractivity contribution < 1.29 is 4.79 Å². The number of carbonyl (C=O) groups excluding carboxylic acids is 1. The van der Waals surface area contributed by atoms with Crippen molar-refractivity contribution in [2.75, 3.05) is 6.54 Å². The second-order valence-corrected chi connectivity index (χ2v) is 4.05. The summed E-state index contributed by atoms with van der Waals surface area (Å²) < 4.78 is 0. The zero-order valence-electron chi connectivity index (χ0n) is 7.40. The first-order chi connectivity index (χ1) is 4.99. The van der Waals surface area contributed by atoms with Crippen molar-refractivity contribution in [3.8, 4) is 0 Å². The van der Waals surface area contributed by atoms with E-state index < -0.39 is 0 Å². The molecular weight excluding hydrogens is 138 g/mol. The van der Waals surface area contributed by atoms with Gasteiger partial charge in [-0.2, -0.15) is 0 Å². The van der Waals surface area contributed by atoms with Gasteiger partial charge in [-0.3, -0.25) is 4.79 Å². The molecule has 62 valence electrons. The van der Waals surface area contributed by atoms with Gasteiger partial charge in [0.25, 0.3) is 0 Å². The molecule has 1 heterocycles. The Hall–Kier alpha value is -0.790. The quantitative estimate of drug-likeness (QED) is 0.561. The molecule has 1 rings (SSSR count). The van der Waals surface area contributed by atoms with Gasteiger partial charge in [-0.1, -0.05) is 19.4 Å². The van der Waals surface area contributed by atoms with Crippen molar-refractivity contribution in [1.82, 2.24) is 5.32 Å². The molecule has 1 amide bonds. The zero-order chi connectivity index (χ0) is 8.48. The fourth-order valence-corrected chi connectivity index (χ4v) is 1.47. The minimum Gasteiger partial charge on any atom is -0.352 e. The van der Waals surface area contributed by atoms with Crippen molar-refractivity contribution in [2.45, 2.75) is 27.2 Å². The van der Waals surface area contributed by atoms with E-state index >= 15 is 0 Å². The molecule has 2 heteroatoms. The van der Waals surface area contributed by atoms with Gasteiger partial charge >= 0.3 is 0 Å². The molecule has 0 spiro atoms. The van der Waals surface area contributed by atoms with Crippen LogP contribution in [0, 0.1) is 5.41 Å². The lowest BCUT2D eigenvalue weighted by atomic mass is 9.87. The predicted molar refractivity (Wildman–Crippen MR) is 45.2 cm³/mol. The average Bonchev–Trinajstić information content (AvgIpc) is 1.90. The number of amides is 1. The van der Waals surface area contributed by atoms with E-state index in [-0.39, 0.29) is 11.3 Å². The summed E-state index contributed by atoms with van der Waals surface area (Å²) in [4.78, 5) is 11.0. The lowest BCUT2D eigenvalue weighted by Gasteiger charge is -2.22. The zero-order valence-corrected chi connectivity index (χ0v) is 7.40. The van der Waals surface area contributed by atoms with Crippen LogP contribution in [0.4, 0.5) is 0 Å². The smallest absolute Gasteiger partial charge is 0.243 e. The molecule has 0 saturated heterocycles. The lowest BCUT2D eigenvalue weighted by Crippen LogP contribution is -2.30. The van der Waals surface area contributed by atoms with Crippen LogP contribution in [0.15, 0.2) is 11.6 Å². The highest BCUT2D eigenvalue weighted by Gasteiger charge is 2.21. The minimum atomic E-state index is 0.0491. The predicted octanol–water partition coefficient (Wildman–Crippen LogP) is 1.48. The second-order valence-electron chi connectivity index (χ2n) is 4.05. The Balaban J connectivity index is 2.76. The molecule has 0 aromatic rings. The molecule has 0 aliphatic carbocycles. The molecule has 0 fully saturated rings. The molecule has 2 nitrogen and oxygen atoms in total. The molecule has 1 aliphatic heterocycles. The summed E-state index contributed by atoms with van der Waals surface area (Å²) in [5, 5.41) is 2.85. The van der Waals surface area contributed by atoms with Gasteiger partial charge in [-0.05, 0) is 18.8 Å². The van der Waals surface area contributed by atoms with Gasteiger partial charge in [0.05, 0.1) is 0 Å². The SMILES string of the molecule is CC1=CC(=O)NCC(C)(C)C1. The Kier molecular flexibility index (Phi) is 2.03. The summed E-state index contributed by atoms with van der Waals surface area (Å²) in [6, 6.07) is 0. The minimum absolute atomic E-state index is 0.0491. The molecule has 0 bridgehead atoms. The van der Waals surface area contributed by atoms with Crippen molar-refractivity contribution in [1.29, 1.82) is 0 Å². The van der Waals surface area contributed by atoms with E-state index in [2.05, 4.69) is 19.2 Å². The van der Waals surface area contributed by atoms with E-state index in [4.69, 9.17) is 0 Å². The van der Waals surface area contributed by atoms with Crippen LogP contribution in [-0.4, -0.2) is 12.5 Å². The Labute approximate surface area is 67.7 Å². The van der Waals surface area contributed by atoms with Crippen molar-refractivity contribution in [2.24, 2.45) is 5.41 Å². The highest BCUT2D eigenvalue weighted by atomic mass is 16.1. The largest absolute Gasteiger partial charge is 0.352 e. The molecule has 0 radical (unpaired) electrons. The van der Waals surface area contributed by atoms with Crippen LogP contribution in [-0.2, 0) is 4.79 Å². The van der Waals surface area contributed by atoms with Gasteiger partial charge in [0, 0.05) is 12.6 Å². The normalized spacial score (nSPS) is 23.5. The molecular formula is C9H15NO. The first-order valence-electron chi connectivity index (χ1n) is 3.95. The molecule has 0 atom stereocenters. The Morgan fingerprint density at radius 3 is 2.82 bits per heavy atom. The fraction of sp³-hybridized carbons (Fsp3) is 0.667. The molecule has 0 aromatic carbocycles. The number of hydrogen-bond donors (Lipinski definition) is 1. The van der Waals surface area contributed by atoms with Gasteiger partial charge in [-0.15, -0.1) is 0 Å². The summed E-state index contributed by atoms with van der Waals surface area (Å²) in [6.07, 6.45) is 2.69. The van der Waals surface area contributed by atoms with Crippen LogP contribution in [0.1, 0.15) is 27.2 Å². The van der Waals surface area contributed by atoms with Crippen LogP contribution in [0.2, 0.25) is 0 Å². The van der Waals surface area contributed by atoms with Crippen LogP contribution in [0.5, 0.6) is 0 Å². The first kappa shape index (κ1) is 8.31. The molecule has 1 N–H and O–H groups in total. The first-order valence-corrected chi connectivity index (χ1v) is 3.95. The maximum Gasteiger partial charge on any atom is 0.243 e. The monoisotopic (exact) mass is 153 g/mol. The van der Waals surface area contributed by atoms with E-state index in [1.807, 2.05) is 6.92 Å². The van der Waals surface area contributed by atoms with Crippen molar-refractivity contribution in [3.05, 3.63) is 11.6 Å². The third kappa shape index (κ3) is 2.37. The molecule has 1 aliphatic rings. The van der Waals surface area contributed by atoms with Crippen LogP contribution < -0.4 is 5.32 Å². The number of carbonyl (C=O) groups is 1. The summed E-state index contributed by atoms with van der Waals surface area (Å²) >= 11 is 0. The Bertz CT molecular complexity index is 204. The van der Waals surface area contributed by atoms with Crippen molar-refractivity contribution in [3.63, 3.8) is 0 Å². The van der Waals surface area contributed by atoms with Gasteiger partial charge < -0.3 is 5.32 Å². The lowest BCUT2D eigenvalue weighted by molar-refractivity contribution is -0.116. The van der Waals surface area contributed by atoms with E-state index in [1.54, 1.807) is 6.08 Å². The average molecular weight is 153 g/mol. The molecule has 0 saturated carbocycles. The summed E-state index contributed by atoms with van der Waals surface area (Å²) in [6.45, 7) is 7.11. The fourth-order valence-electron chi connectivity index (χ4n) is 1.47. The van der Waals surface area contributed by atoms with Gasteiger partial charge in [0.2, 0.25) is 5.91 Å². The maximum absolute atomic E-state index is 11.0. The van der Waals surface area contributed by atoms with Crippen LogP contribution in [0.25, 0.3) is 0 Å². The van der Waals surface area contributed by atoms with Crippen LogP contribution in [0.3, 0.4) is 0 Å². The van der Waals surface area contributed by atoms with E-state index in [1.165, 1.54) is 5.57 Å². The molecule has 11 heavy (non-hydrogen) atoms. The summed E-state index contributed by atoms with van der Waals surface area (Å²) in [5.41, 5.74) is 1.39. The summed E-state index contributed by atoms with van der Waals surface area (Å²) in [5.74, 6) is 0.0491. The molecule has 0 unspecified atom stereocenters. The van der Waals surface area contributed by atoms with E-state index in [0.29, 0.717) is 0 Å². The van der Waals surface area contributed by atoms with E-state index in [0.717, 1.165) is 13.0 Å².